The first-order chi connectivity index (χ1) is 8.15. The minimum absolute atomic E-state index is 0.0401. The van der Waals surface area contributed by atoms with E-state index in [1.165, 1.54) is 0 Å². The number of pyridine rings is 1. The van der Waals surface area contributed by atoms with Crippen LogP contribution in [0, 0.1) is 3.70 Å². The molecule has 1 aliphatic heterocycles. The molecule has 1 saturated heterocycles. The van der Waals surface area contributed by atoms with E-state index in [4.69, 9.17) is 0 Å². The van der Waals surface area contributed by atoms with E-state index < -0.39 is 0 Å². The first-order valence-electron chi connectivity index (χ1n) is 5.25. The summed E-state index contributed by atoms with van der Waals surface area (Å²) >= 11 is 2.17. The van der Waals surface area contributed by atoms with Gasteiger partial charge in [-0.2, -0.15) is 0 Å². The topological polar surface area (TPSA) is 57.8 Å². The summed E-state index contributed by atoms with van der Waals surface area (Å²) in [5, 5.41) is 9.19. The van der Waals surface area contributed by atoms with E-state index in [2.05, 4.69) is 27.6 Å². The highest BCUT2D eigenvalue weighted by atomic mass is 127. The van der Waals surface area contributed by atoms with E-state index in [1.54, 1.807) is 23.4 Å². The van der Waals surface area contributed by atoms with Crippen LogP contribution in [0.3, 0.4) is 0 Å². The molecule has 0 atom stereocenters. The molecular formula is C11H10IN3O2. The average Bonchev–Trinajstić information content (AvgIpc) is 2.66. The number of aliphatic hydroxyl groups excluding tert-OH is 1. The van der Waals surface area contributed by atoms with Gasteiger partial charge in [0.25, 0.3) is 5.91 Å². The van der Waals surface area contributed by atoms with E-state index >= 15 is 0 Å². The van der Waals surface area contributed by atoms with E-state index in [1.807, 2.05) is 10.5 Å². The van der Waals surface area contributed by atoms with Crippen molar-refractivity contribution in [2.45, 2.75) is 6.10 Å². The maximum atomic E-state index is 12.0. The molecule has 2 aromatic heterocycles. The van der Waals surface area contributed by atoms with Gasteiger partial charge in [-0.15, -0.1) is 0 Å². The summed E-state index contributed by atoms with van der Waals surface area (Å²) in [6.45, 7) is 0.857. The predicted octanol–water partition coefficient (Wildman–Crippen LogP) is 0.756. The van der Waals surface area contributed by atoms with Crippen molar-refractivity contribution in [1.29, 1.82) is 0 Å². The second-order valence-corrected chi connectivity index (χ2v) is 5.20. The Morgan fingerprint density at radius 1 is 1.47 bits per heavy atom. The number of aliphatic hydroxyl groups is 1. The summed E-state index contributed by atoms with van der Waals surface area (Å²) in [6.07, 6.45) is 3.19. The van der Waals surface area contributed by atoms with E-state index in [9.17, 15) is 9.90 Å². The Labute approximate surface area is 111 Å². The summed E-state index contributed by atoms with van der Waals surface area (Å²) in [7, 11) is 0. The molecule has 3 heterocycles. The zero-order chi connectivity index (χ0) is 12.0. The van der Waals surface area contributed by atoms with Crippen molar-refractivity contribution in [3.05, 3.63) is 33.8 Å². The molecule has 3 rings (SSSR count). The van der Waals surface area contributed by atoms with Crippen molar-refractivity contribution in [2.24, 2.45) is 0 Å². The molecule has 88 valence electrons. The van der Waals surface area contributed by atoms with Gasteiger partial charge in [0.2, 0.25) is 0 Å². The third-order valence-electron chi connectivity index (χ3n) is 2.86. The molecule has 5 nitrogen and oxygen atoms in total. The third-order valence-corrected chi connectivity index (χ3v) is 3.66. The highest BCUT2D eigenvalue weighted by Gasteiger charge is 2.29. The molecule has 0 unspecified atom stereocenters. The summed E-state index contributed by atoms with van der Waals surface area (Å²) in [5.41, 5.74) is 1.45. The Hall–Kier alpha value is -1.15. The highest BCUT2D eigenvalue weighted by molar-refractivity contribution is 14.1. The van der Waals surface area contributed by atoms with Gasteiger partial charge in [-0.3, -0.25) is 9.20 Å². The average molecular weight is 343 g/mol. The quantitative estimate of drug-likeness (QED) is 0.778. The number of fused-ring (bicyclic) bond motifs is 1. The van der Waals surface area contributed by atoms with Gasteiger partial charge < -0.3 is 10.0 Å². The second-order valence-electron chi connectivity index (χ2n) is 4.09. The zero-order valence-corrected chi connectivity index (χ0v) is 11.0. The Balaban J connectivity index is 1.94. The van der Waals surface area contributed by atoms with Crippen LogP contribution in [0.2, 0.25) is 0 Å². The lowest BCUT2D eigenvalue weighted by atomic mass is 10.1. The number of nitrogens with zero attached hydrogens (tertiary/aromatic N) is 3. The van der Waals surface area contributed by atoms with Crippen LogP contribution in [0.15, 0.2) is 24.5 Å². The van der Waals surface area contributed by atoms with Crippen LogP contribution in [-0.4, -0.2) is 44.5 Å². The number of imidazole rings is 1. The van der Waals surface area contributed by atoms with Crippen molar-refractivity contribution >= 4 is 34.1 Å². The molecule has 1 fully saturated rings. The maximum Gasteiger partial charge on any atom is 0.255 e. The van der Waals surface area contributed by atoms with E-state index in [-0.39, 0.29) is 12.0 Å². The van der Waals surface area contributed by atoms with Gasteiger partial charge in [0.15, 0.2) is 0 Å². The molecule has 0 bridgehead atoms. The molecule has 0 aromatic carbocycles. The maximum absolute atomic E-state index is 12.0. The van der Waals surface area contributed by atoms with Gasteiger partial charge in [-0.25, -0.2) is 4.98 Å². The number of hydrogen-bond donors (Lipinski definition) is 1. The molecule has 6 heteroatoms. The van der Waals surface area contributed by atoms with Crippen molar-refractivity contribution in [1.82, 2.24) is 14.3 Å². The summed E-state index contributed by atoms with van der Waals surface area (Å²) in [5.74, 6) is -0.0401. The lowest BCUT2D eigenvalue weighted by molar-refractivity contribution is 0.00586. The molecule has 17 heavy (non-hydrogen) atoms. The number of rotatable bonds is 1. The normalized spacial score (nSPS) is 16.2. The highest BCUT2D eigenvalue weighted by Crippen LogP contribution is 2.15. The van der Waals surface area contributed by atoms with Gasteiger partial charge in [0.1, 0.15) is 9.35 Å². The minimum atomic E-state index is -0.365. The predicted molar refractivity (Wildman–Crippen MR) is 69.8 cm³/mol. The van der Waals surface area contributed by atoms with Gasteiger partial charge in [-0.1, -0.05) is 0 Å². The monoisotopic (exact) mass is 343 g/mol. The lowest BCUT2D eigenvalue weighted by Gasteiger charge is -2.35. The van der Waals surface area contributed by atoms with Crippen LogP contribution >= 0.6 is 22.6 Å². The number of amides is 1. The lowest BCUT2D eigenvalue weighted by Crippen LogP contribution is -2.53. The fraction of sp³-hybridized carbons (Fsp3) is 0.273. The number of aromatic nitrogens is 2. The molecule has 0 aliphatic carbocycles. The summed E-state index contributed by atoms with van der Waals surface area (Å²) < 4.78 is 2.85. The number of halogens is 1. The molecule has 2 aromatic rings. The van der Waals surface area contributed by atoms with Crippen molar-refractivity contribution in [2.75, 3.05) is 13.1 Å². The van der Waals surface area contributed by atoms with Crippen LogP contribution in [0.1, 0.15) is 10.4 Å². The largest absolute Gasteiger partial charge is 0.389 e. The summed E-state index contributed by atoms with van der Waals surface area (Å²) in [6, 6.07) is 3.59. The molecule has 0 radical (unpaired) electrons. The number of carbonyl (C=O) groups is 1. The van der Waals surface area contributed by atoms with Crippen LogP contribution in [-0.2, 0) is 0 Å². The first-order valence-corrected chi connectivity index (χ1v) is 6.33. The second kappa shape index (κ2) is 3.95. The van der Waals surface area contributed by atoms with Crippen LogP contribution in [0.4, 0.5) is 0 Å². The number of β-amino-alcohol motifs (C(OH)–C–C–N with tert-alkyl or cyclic N) is 1. The third kappa shape index (κ3) is 1.81. The first kappa shape index (κ1) is 11.0. The minimum Gasteiger partial charge on any atom is -0.389 e. The summed E-state index contributed by atoms with van der Waals surface area (Å²) in [4.78, 5) is 17.9. The Bertz CT molecular complexity index is 589. The molecule has 1 N–H and O–H groups in total. The molecular weight excluding hydrogens is 333 g/mol. The van der Waals surface area contributed by atoms with Crippen molar-refractivity contribution < 1.29 is 9.90 Å². The molecule has 0 saturated carbocycles. The number of hydrogen-bond acceptors (Lipinski definition) is 3. The van der Waals surface area contributed by atoms with Crippen LogP contribution in [0.25, 0.3) is 5.65 Å². The van der Waals surface area contributed by atoms with Gasteiger partial charge in [0.05, 0.1) is 17.9 Å². The SMILES string of the molecule is O=C(c1ccc2ncc(I)n2c1)N1CC(O)C1. The fourth-order valence-electron chi connectivity index (χ4n) is 1.88. The zero-order valence-electron chi connectivity index (χ0n) is 8.88. The van der Waals surface area contributed by atoms with Crippen molar-refractivity contribution in [3.8, 4) is 0 Å². The number of carbonyl (C=O) groups excluding carboxylic acids is 1. The standard InChI is InChI=1S/C11H10IN3O2/c12-9-3-13-10-2-1-7(4-15(9)10)11(17)14-5-8(16)6-14/h1-4,8,16H,5-6H2. The fourth-order valence-corrected chi connectivity index (χ4v) is 2.41. The van der Waals surface area contributed by atoms with Crippen LogP contribution < -0.4 is 0 Å². The smallest absolute Gasteiger partial charge is 0.255 e. The molecule has 1 amide bonds. The van der Waals surface area contributed by atoms with E-state index in [0.717, 1.165) is 9.35 Å². The van der Waals surface area contributed by atoms with Gasteiger partial charge in [0, 0.05) is 19.3 Å². The Kier molecular flexibility index (Phi) is 2.55. The Morgan fingerprint density at radius 3 is 2.94 bits per heavy atom. The van der Waals surface area contributed by atoms with Gasteiger partial charge >= 0.3 is 0 Å². The molecule has 1 aliphatic rings. The van der Waals surface area contributed by atoms with Crippen LogP contribution in [0.5, 0.6) is 0 Å². The van der Waals surface area contributed by atoms with Gasteiger partial charge in [-0.05, 0) is 34.7 Å². The number of likely N-dealkylation sites (tertiary alicyclic amines) is 1. The molecule has 0 spiro atoms. The Morgan fingerprint density at radius 2 is 2.24 bits per heavy atom. The van der Waals surface area contributed by atoms with Crippen molar-refractivity contribution in [3.63, 3.8) is 0 Å². The van der Waals surface area contributed by atoms with E-state index in [0.29, 0.717) is 18.7 Å².